The molecule has 0 spiro atoms. The van der Waals surface area contributed by atoms with Crippen molar-refractivity contribution >= 4 is 27.5 Å². The largest absolute Gasteiger partial charge is 0.416 e. The average Bonchev–Trinajstić information content (AvgIpc) is 2.68. The van der Waals surface area contributed by atoms with E-state index >= 15 is 0 Å². The minimum atomic E-state index is -4.43. The van der Waals surface area contributed by atoms with E-state index in [-0.39, 0.29) is 17.6 Å². The van der Waals surface area contributed by atoms with E-state index < -0.39 is 11.7 Å². The van der Waals surface area contributed by atoms with Gasteiger partial charge in [-0.25, -0.2) is 0 Å². The third kappa shape index (κ3) is 4.44. The highest BCUT2D eigenvalue weighted by atomic mass is 79.9. The minimum absolute atomic E-state index is 0.140. The zero-order chi connectivity index (χ0) is 15.5. The Morgan fingerprint density at radius 3 is 2.76 bits per heavy atom. The van der Waals surface area contributed by atoms with Crippen molar-refractivity contribution in [3.63, 3.8) is 0 Å². The van der Waals surface area contributed by atoms with Crippen molar-refractivity contribution < 1.29 is 18.0 Å². The topological polar surface area (TPSA) is 41.1 Å². The van der Waals surface area contributed by atoms with Crippen molar-refractivity contribution in [2.24, 2.45) is 0 Å². The maximum Gasteiger partial charge on any atom is 0.416 e. The number of carbonyl (C=O) groups excluding carboxylic acids is 1. The third-order valence-electron chi connectivity index (χ3n) is 3.43. The Bertz CT molecular complexity index is 511. The molecule has 1 amide bonds. The van der Waals surface area contributed by atoms with Crippen LogP contribution in [0.5, 0.6) is 0 Å². The van der Waals surface area contributed by atoms with Crippen LogP contribution in [0.4, 0.5) is 18.9 Å². The molecule has 2 rings (SSSR count). The molecule has 3 nitrogen and oxygen atoms in total. The number of rotatable bonds is 2. The van der Waals surface area contributed by atoms with Gasteiger partial charge in [-0.1, -0.05) is 12.8 Å². The Hall–Kier alpha value is -1.08. The molecule has 7 heteroatoms. The number of amides is 1. The van der Waals surface area contributed by atoms with Crippen molar-refractivity contribution in [1.82, 2.24) is 5.32 Å². The molecule has 0 saturated carbocycles. The summed E-state index contributed by atoms with van der Waals surface area (Å²) in [7, 11) is 0. The van der Waals surface area contributed by atoms with Gasteiger partial charge in [0.15, 0.2) is 0 Å². The number of hydrogen-bond donors (Lipinski definition) is 2. The standard InChI is InChI=1S/C14H16BrF3N2O/c15-10-6-5-9(14(16,17)18)8-12(10)20-13(21)11-4-2-1-3-7-19-11/h5-6,8,11,19H,1-4,7H2,(H,20,21). The first-order valence-corrected chi connectivity index (χ1v) is 7.58. The van der Waals surface area contributed by atoms with Gasteiger partial charge < -0.3 is 10.6 Å². The van der Waals surface area contributed by atoms with Crippen LogP contribution in [-0.4, -0.2) is 18.5 Å². The van der Waals surface area contributed by atoms with Gasteiger partial charge in [-0.05, 0) is 53.5 Å². The van der Waals surface area contributed by atoms with Crippen LogP contribution in [-0.2, 0) is 11.0 Å². The molecular weight excluding hydrogens is 349 g/mol. The molecule has 0 radical (unpaired) electrons. The Balaban J connectivity index is 2.12. The van der Waals surface area contributed by atoms with Crippen molar-refractivity contribution in [3.8, 4) is 0 Å². The minimum Gasteiger partial charge on any atom is -0.324 e. The molecule has 1 aromatic rings. The molecule has 1 atom stereocenters. The van der Waals surface area contributed by atoms with E-state index in [1.165, 1.54) is 6.07 Å². The van der Waals surface area contributed by atoms with Crippen LogP contribution >= 0.6 is 15.9 Å². The zero-order valence-corrected chi connectivity index (χ0v) is 12.9. The van der Waals surface area contributed by atoms with Gasteiger partial charge in [0, 0.05) is 4.47 Å². The first-order valence-electron chi connectivity index (χ1n) is 6.79. The number of alkyl halides is 3. The van der Waals surface area contributed by atoms with Gasteiger partial charge in [-0.2, -0.15) is 13.2 Å². The van der Waals surface area contributed by atoms with E-state index in [2.05, 4.69) is 26.6 Å². The normalized spacial score (nSPS) is 19.9. The quantitative estimate of drug-likeness (QED) is 0.834. The van der Waals surface area contributed by atoms with Crippen LogP contribution in [0.3, 0.4) is 0 Å². The summed E-state index contributed by atoms with van der Waals surface area (Å²) in [6, 6.07) is 2.86. The van der Waals surface area contributed by atoms with Crippen molar-refractivity contribution in [2.75, 3.05) is 11.9 Å². The average molecular weight is 365 g/mol. The summed E-state index contributed by atoms with van der Waals surface area (Å²) in [6.07, 6.45) is -0.723. The highest BCUT2D eigenvalue weighted by Gasteiger charge is 2.31. The monoisotopic (exact) mass is 364 g/mol. The lowest BCUT2D eigenvalue weighted by Gasteiger charge is -2.17. The molecule has 0 bridgehead atoms. The molecule has 1 aromatic carbocycles. The number of nitrogens with one attached hydrogen (secondary N) is 2. The van der Waals surface area contributed by atoms with E-state index in [0.29, 0.717) is 10.9 Å². The zero-order valence-electron chi connectivity index (χ0n) is 11.3. The Kier molecular flexibility index (Phi) is 5.27. The van der Waals surface area contributed by atoms with Gasteiger partial charge >= 0.3 is 6.18 Å². The second kappa shape index (κ2) is 6.79. The maximum absolute atomic E-state index is 12.7. The summed E-state index contributed by atoms with van der Waals surface area (Å²) in [4.78, 5) is 12.2. The molecule has 1 unspecified atom stereocenters. The fourth-order valence-electron chi connectivity index (χ4n) is 2.27. The molecule has 2 N–H and O–H groups in total. The molecule has 116 valence electrons. The summed E-state index contributed by atoms with van der Waals surface area (Å²) in [5.41, 5.74) is -0.643. The molecule has 0 aliphatic carbocycles. The van der Waals surface area contributed by atoms with Crippen LogP contribution in [0.15, 0.2) is 22.7 Å². The summed E-state index contributed by atoms with van der Waals surface area (Å²) < 4.78 is 38.5. The number of hydrogen-bond acceptors (Lipinski definition) is 2. The van der Waals surface area contributed by atoms with E-state index in [1.54, 1.807) is 0 Å². The van der Waals surface area contributed by atoms with Crippen LogP contribution in [0, 0.1) is 0 Å². The lowest BCUT2D eigenvalue weighted by atomic mass is 10.1. The number of anilines is 1. The molecule has 1 heterocycles. The van der Waals surface area contributed by atoms with Crippen LogP contribution < -0.4 is 10.6 Å². The molecule has 1 aliphatic rings. The van der Waals surface area contributed by atoms with Crippen molar-refractivity contribution in [2.45, 2.75) is 37.9 Å². The SMILES string of the molecule is O=C(Nc1cc(C(F)(F)F)ccc1Br)C1CCCCCN1. The summed E-state index contributed by atoms with van der Waals surface area (Å²) in [5, 5.41) is 5.69. The second-order valence-corrected chi connectivity index (χ2v) is 5.89. The molecular formula is C14H16BrF3N2O. The highest BCUT2D eigenvalue weighted by molar-refractivity contribution is 9.10. The predicted molar refractivity (Wildman–Crippen MR) is 78.0 cm³/mol. The number of carbonyl (C=O) groups is 1. The number of halogens is 4. The summed E-state index contributed by atoms with van der Waals surface area (Å²) in [6.45, 7) is 0.752. The van der Waals surface area contributed by atoms with E-state index in [9.17, 15) is 18.0 Å². The molecule has 0 aromatic heterocycles. The first-order chi connectivity index (χ1) is 9.88. The second-order valence-electron chi connectivity index (χ2n) is 5.04. The van der Waals surface area contributed by atoms with Crippen LogP contribution in [0.1, 0.15) is 31.2 Å². The molecule has 1 aliphatic heterocycles. The van der Waals surface area contributed by atoms with Gasteiger partial charge in [-0.3, -0.25) is 4.79 Å². The van der Waals surface area contributed by atoms with Crippen molar-refractivity contribution in [1.29, 1.82) is 0 Å². The van der Waals surface area contributed by atoms with Gasteiger partial charge in [-0.15, -0.1) is 0 Å². The van der Waals surface area contributed by atoms with Gasteiger partial charge in [0.2, 0.25) is 5.91 Å². The number of benzene rings is 1. The lowest BCUT2D eigenvalue weighted by Crippen LogP contribution is -2.39. The smallest absolute Gasteiger partial charge is 0.324 e. The third-order valence-corrected chi connectivity index (χ3v) is 4.12. The van der Waals surface area contributed by atoms with Gasteiger partial charge in [0.25, 0.3) is 0 Å². The van der Waals surface area contributed by atoms with E-state index in [0.717, 1.165) is 37.9 Å². The summed E-state index contributed by atoms with van der Waals surface area (Å²) in [5.74, 6) is -0.295. The first kappa shape index (κ1) is 16.3. The highest BCUT2D eigenvalue weighted by Crippen LogP contribution is 2.34. The Labute approximate surface area is 129 Å². The van der Waals surface area contributed by atoms with Gasteiger partial charge in [0.1, 0.15) is 0 Å². The van der Waals surface area contributed by atoms with E-state index in [4.69, 9.17) is 0 Å². The van der Waals surface area contributed by atoms with Crippen LogP contribution in [0.25, 0.3) is 0 Å². The Morgan fingerprint density at radius 1 is 1.29 bits per heavy atom. The fourth-order valence-corrected chi connectivity index (χ4v) is 2.62. The molecule has 1 fully saturated rings. The summed E-state index contributed by atoms with van der Waals surface area (Å²) >= 11 is 3.16. The van der Waals surface area contributed by atoms with Crippen molar-refractivity contribution in [3.05, 3.63) is 28.2 Å². The Morgan fingerprint density at radius 2 is 2.05 bits per heavy atom. The van der Waals surface area contributed by atoms with Crippen LogP contribution in [0.2, 0.25) is 0 Å². The lowest BCUT2D eigenvalue weighted by molar-refractivity contribution is -0.137. The molecule has 1 saturated heterocycles. The van der Waals surface area contributed by atoms with E-state index in [1.807, 2.05) is 0 Å². The fraction of sp³-hybridized carbons (Fsp3) is 0.500. The van der Waals surface area contributed by atoms with Gasteiger partial charge in [0.05, 0.1) is 17.3 Å². The molecule has 21 heavy (non-hydrogen) atoms. The maximum atomic E-state index is 12.7. The predicted octanol–water partition coefficient (Wildman–Crippen LogP) is 3.94.